The zero-order valence-corrected chi connectivity index (χ0v) is 12.7. The van der Waals surface area contributed by atoms with Crippen molar-refractivity contribution in [1.82, 2.24) is 5.32 Å². The maximum absolute atomic E-state index is 11.7. The number of thioether (sulfide) groups is 1. The zero-order chi connectivity index (χ0) is 13.6. The first-order valence-electron chi connectivity index (χ1n) is 6.64. The van der Waals surface area contributed by atoms with Gasteiger partial charge in [-0.2, -0.15) is 0 Å². The molecule has 0 aromatic heterocycles. The number of carbonyl (C=O) groups is 1. The topological polar surface area (TPSA) is 38.3 Å². The van der Waals surface area contributed by atoms with Crippen molar-refractivity contribution in [3.05, 3.63) is 12.2 Å². The van der Waals surface area contributed by atoms with Gasteiger partial charge in [0.15, 0.2) is 0 Å². The minimum atomic E-state index is -0.164. The van der Waals surface area contributed by atoms with Gasteiger partial charge in [-0.05, 0) is 50.6 Å². The van der Waals surface area contributed by atoms with E-state index in [1.165, 1.54) is 11.8 Å². The van der Waals surface area contributed by atoms with E-state index in [2.05, 4.69) is 11.4 Å². The molecule has 0 amide bonds. The van der Waals surface area contributed by atoms with E-state index in [1.807, 2.05) is 33.9 Å². The predicted molar refractivity (Wildman–Crippen MR) is 78.1 cm³/mol. The van der Waals surface area contributed by atoms with Crippen LogP contribution in [0.2, 0.25) is 0 Å². The lowest BCUT2D eigenvalue weighted by Gasteiger charge is -2.22. The lowest BCUT2D eigenvalue weighted by Crippen LogP contribution is -2.26. The fraction of sp³-hybridized carbons (Fsp3) is 0.786. The molecule has 1 aliphatic rings. The number of hydrogen-bond acceptors (Lipinski definition) is 4. The summed E-state index contributed by atoms with van der Waals surface area (Å²) < 4.78 is 5.40. The zero-order valence-electron chi connectivity index (χ0n) is 11.9. The third kappa shape index (κ3) is 6.45. The van der Waals surface area contributed by atoms with Crippen LogP contribution in [-0.2, 0) is 4.74 Å². The number of carbonyl (C=O) groups excluding carboxylic acids is 1. The van der Waals surface area contributed by atoms with Crippen LogP contribution < -0.4 is 5.32 Å². The Morgan fingerprint density at radius 2 is 2.11 bits per heavy atom. The lowest BCUT2D eigenvalue weighted by atomic mass is 10.0. The van der Waals surface area contributed by atoms with Crippen LogP contribution in [0.4, 0.5) is 4.79 Å². The van der Waals surface area contributed by atoms with Crippen LogP contribution >= 0.6 is 11.8 Å². The van der Waals surface area contributed by atoms with Crippen molar-refractivity contribution >= 4 is 17.1 Å². The van der Waals surface area contributed by atoms with E-state index in [0.29, 0.717) is 6.04 Å². The molecule has 1 rings (SSSR count). The molecule has 104 valence electrons. The molecule has 0 fully saturated rings. The Labute approximate surface area is 115 Å². The minimum Gasteiger partial charge on any atom is -0.450 e. The average molecular weight is 271 g/mol. The number of nitrogens with one attached hydrogen (secondary N) is 1. The summed E-state index contributed by atoms with van der Waals surface area (Å²) in [5.41, 5.74) is 0. The van der Waals surface area contributed by atoms with Crippen LogP contribution in [0.15, 0.2) is 12.2 Å². The third-order valence-corrected chi connectivity index (χ3v) is 3.73. The molecule has 0 radical (unpaired) electrons. The van der Waals surface area contributed by atoms with Crippen LogP contribution in [-0.4, -0.2) is 29.2 Å². The highest BCUT2D eigenvalue weighted by atomic mass is 32.2. The van der Waals surface area contributed by atoms with Crippen molar-refractivity contribution < 1.29 is 9.53 Å². The van der Waals surface area contributed by atoms with Gasteiger partial charge in [0.1, 0.15) is 6.10 Å². The molecule has 0 heterocycles. The van der Waals surface area contributed by atoms with Gasteiger partial charge in [0, 0.05) is 10.8 Å². The monoisotopic (exact) mass is 271 g/mol. The Bertz CT molecular complexity index is 297. The summed E-state index contributed by atoms with van der Waals surface area (Å²) in [5.74, 6) is 0. The van der Waals surface area contributed by atoms with Crippen molar-refractivity contribution in [3.8, 4) is 0 Å². The highest BCUT2D eigenvalue weighted by Gasteiger charge is 2.21. The summed E-state index contributed by atoms with van der Waals surface area (Å²) in [7, 11) is 2.00. The Kier molecular flexibility index (Phi) is 6.22. The van der Waals surface area contributed by atoms with Crippen LogP contribution in [0.3, 0.4) is 0 Å². The fourth-order valence-corrected chi connectivity index (χ4v) is 2.60. The largest absolute Gasteiger partial charge is 0.450 e. The Hall–Kier alpha value is -0.480. The van der Waals surface area contributed by atoms with E-state index < -0.39 is 0 Å². The molecule has 0 saturated carbocycles. The van der Waals surface area contributed by atoms with E-state index in [4.69, 9.17) is 4.74 Å². The molecule has 1 aliphatic carbocycles. The SMILES string of the molecule is CNC1C/C=C/C(OC(=O)SC(C)(C)C)CCC1. The van der Waals surface area contributed by atoms with Crippen LogP contribution in [0.1, 0.15) is 46.5 Å². The molecule has 2 atom stereocenters. The molecule has 0 aromatic carbocycles. The first-order valence-corrected chi connectivity index (χ1v) is 7.46. The van der Waals surface area contributed by atoms with Crippen LogP contribution in [0.25, 0.3) is 0 Å². The molecule has 0 bridgehead atoms. The van der Waals surface area contributed by atoms with Gasteiger partial charge in [0.2, 0.25) is 0 Å². The lowest BCUT2D eigenvalue weighted by molar-refractivity contribution is 0.138. The Balaban J connectivity index is 2.42. The minimum absolute atomic E-state index is 0.0508. The van der Waals surface area contributed by atoms with E-state index in [1.54, 1.807) is 0 Å². The number of hydrogen-bond donors (Lipinski definition) is 1. The molecule has 1 N–H and O–H groups in total. The number of rotatable bonds is 2. The van der Waals surface area contributed by atoms with E-state index in [0.717, 1.165) is 25.7 Å². The summed E-state index contributed by atoms with van der Waals surface area (Å²) in [4.78, 5) is 11.7. The molecule has 0 aliphatic heterocycles. The summed E-state index contributed by atoms with van der Waals surface area (Å²) in [5, 5.41) is 3.13. The van der Waals surface area contributed by atoms with Gasteiger partial charge >= 0.3 is 5.30 Å². The van der Waals surface area contributed by atoms with E-state index >= 15 is 0 Å². The first-order chi connectivity index (χ1) is 8.40. The average Bonchev–Trinajstić information content (AvgIpc) is 2.19. The molecular weight excluding hydrogens is 246 g/mol. The van der Waals surface area contributed by atoms with Gasteiger partial charge in [0.05, 0.1) is 0 Å². The molecule has 4 heteroatoms. The Morgan fingerprint density at radius 3 is 2.72 bits per heavy atom. The van der Waals surface area contributed by atoms with Gasteiger partial charge in [-0.25, -0.2) is 4.79 Å². The van der Waals surface area contributed by atoms with Crippen molar-refractivity contribution in [2.45, 2.75) is 63.3 Å². The highest BCUT2D eigenvalue weighted by Crippen LogP contribution is 2.26. The molecule has 3 nitrogen and oxygen atoms in total. The third-order valence-electron chi connectivity index (χ3n) is 2.86. The highest BCUT2D eigenvalue weighted by molar-refractivity contribution is 8.14. The van der Waals surface area contributed by atoms with Crippen molar-refractivity contribution in [1.29, 1.82) is 0 Å². The smallest absolute Gasteiger partial charge is 0.368 e. The summed E-state index contributed by atoms with van der Waals surface area (Å²) >= 11 is 1.26. The first kappa shape index (κ1) is 15.6. The van der Waals surface area contributed by atoms with Gasteiger partial charge < -0.3 is 10.1 Å². The second kappa shape index (κ2) is 7.19. The Morgan fingerprint density at radius 1 is 1.39 bits per heavy atom. The van der Waals surface area contributed by atoms with E-state index in [-0.39, 0.29) is 16.2 Å². The van der Waals surface area contributed by atoms with E-state index in [9.17, 15) is 4.79 Å². The van der Waals surface area contributed by atoms with Gasteiger partial charge in [-0.3, -0.25) is 0 Å². The maximum atomic E-state index is 11.7. The van der Waals surface area contributed by atoms with Crippen molar-refractivity contribution in [2.75, 3.05) is 7.05 Å². The normalized spacial score (nSPS) is 27.1. The van der Waals surface area contributed by atoms with Gasteiger partial charge in [0.25, 0.3) is 0 Å². The van der Waals surface area contributed by atoms with Gasteiger partial charge in [-0.15, -0.1) is 0 Å². The molecule has 2 unspecified atom stereocenters. The molecule has 0 saturated heterocycles. The predicted octanol–water partition coefficient (Wildman–Crippen LogP) is 3.74. The second-order valence-corrected chi connectivity index (χ2v) is 7.46. The molecule has 0 spiro atoms. The molecule has 18 heavy (non-hydrogen) atoms. The van der Waals surface area contributed by atoms with Crippen LogP contribution in [0.5, 0.6) is 0 Å². The molecular formula is C14H25NO2S. The summed E-state index contributed by atoms with van der Waals surface area (Å²) in [6.45, 7) is 6.05. The second-order valence-electron chi connectivity index (χ2n) is 5.70. The maximum Gasteiger partial charge on any atom is 0.368 e. The summed E-state index contributed by atoms with van der Waals surface area (Å²) in [6.07, 6.45) is 8.27. The quantitative estimate of drug-likeness (QED) is 0.613. The number of ether oxygens (including phenoxy) is 1. The van der Waals surface area contributed by atoms with Crippen LogP contribution in [0, 0.1) is 0 Å². The van der Waals surface area contributed by atoms with Gasteiger partial charge in [-0.1, -0.05) is 26.8 Å². The van der Waals surface area contributed by atoms with Crippen molar-refractivity contribution in [2.24, 2.45) is 0 Å². The summed E-state index contributed by atoms with van der Waals surface area (Å²) in [6, 6.07) is 0.557. The van der Waals surface area contributed by atoms with Crippen molar-refractivity contribution in [3.63, 3.8) is 0 Å². The molecule has 0 aromatic rings. The standard InChI is InChI=1S/C14H25NO2S/c1-14(2,3)18-13(16)17-12-9-5-7-11(15-4)8-6-10-12/h5,9,11-12,15H,6-8,10H2,1-4H3/b9-5+. The fourth-order valence-electron chi connectivity index (χ4n) is 1.93.